The zero-order chi connectivity index (χ0) is 11.4. The van der Waals surface area contributed by atoms with Gasteiger partial charge in [0, 0.05) is 17.9 Å². The Bertz CT molecular complexity index is 437. The van der Waals surface area contributed by atoms with Crippen molar-refractivity contribution in [3.05, 3.63) is 53.7 Å². The highest BCUT2D eigenvalue weighted by atomic mass is 16.3. The number of nitrogens with zero attached hydrogens (tertiary/aromatic N) is 1. The molecule has 0 amide bonds. The third-order valence-electron chi connectivity index (χ3n) is 2.79. The van der Waals surface area contributed by atoms with Crippen molar-refractivity contribution < 1.29 is 4.42 Å². The van der Waals surface area contributed by atoms with Crippen molar-refractivity contribution in [1.29, 1.82) is 0 Å². The summed E-state index contributed by atoms with van der Waals surface area (Å²) in [7, 11) is 1.97. The first-order valence-corrected chi connectivity index (χ1v) is 5.41. The molecule has 0 saturated carbocycles. The number of hydrogen-bond acceptors (Lipinski definition) is 3. The Morgan fingerprint density at radius 3 is 2.94 bits per heavy atom. The third kappa shape index (κ3) is 2.31. The number of aryl methyl sites for hydroxylation is 1. The van der Waals surface area contributed by atoms with Gasteiger partial charge in [0.25, 0.3) is 0 Å². The Labute approximate surface area is 95.5 Å². The van der Waals surface area contributed by atoms with Crippen LogP contribution in [0.25, 0.3) is 0 Å². The standard InChI is InChI=1S/C13H16N2O/c1-10-12(4-3-6-15-10)13(14-2)8-11-5-7-16-9-11/h3-7,9,13-14H,8H2,1-2H3. The monoisotopic (exact) mass is 216 g/mol. The van der Waals surface area contributed by atoms with Gasteiger partial charge < -0.3 is 9.73 Å². The molecule has 0 spiro atoms. The Hall–Kier alpha value is -1.61. The molecular formula is C13H16N2O. The zero-order valence-corrected chi connectivity index (χ0v) is 9.60. The molecule has 0 aliphatic rings. The molecule has 1 unspecified atom stereocenters. The van der Waals surface area contributed by atoms with Gasteiger partial charge in [0.1, 0.15) is 0 Å². The summed E-state index contributed by atoms with van der Waals surface area (Å²) in [4.78, 5) is 4.31. The molecule has 0 bridgehead atoms. The molecule has 0 aromatic carbocycles. The Morgan fingerprint density at radius 1 is 1.44 bits per heavy atom. The maximum atomic E-state index is 5.08. The summed E-state index contributed by atoms with van der Waals surface area (Å²) in [5, 5.41) is 3.32. The smallest absolute Gasteiger partial charge is 0.0935 e. The SMILES string of the molecule is CNC(Cc1ccoc1)c1cccnc1C. The molecule has 1 atom stereocenters. The lowest BCUT2D eigenvalue weighted by atomic mass is 10.00. The van der Waals surface area contributed by atoms with Crippen molar-refractivity contribution >= 4 is 0 Å². The summed E-state index contributed by atoms with van der Waals surface area (Å²) >= 11 is 0. The molecule has 2 aromatic rings. The van der Waals surface area contributed by atoms with E-state index >= 15 is 0 Å². The van der Waals surface area contributed by atoms with Gasteiger partial charge in [-0.25, -0.2) is 0 Å². The predicted octanol–water partition coefficient (Wildman–Crippen LogP) is 2.49. The lowest BCUT2D eigenvalue weighted by molar-refractivity contribution is 0.550. The molecule has 3 nitrogen and oxygen atoms in total. The Balaban J connectivity index is 2.20. The molecule has 2 aromatic heterocycles. The molecule has 0 aliphatic heterocycles. The van der Waals surface area contributed by atoms with E-state index in [1.165, 1.54) is 11.1 Å². The van der Waals surface area contributed by atoms with Gasteiger partial charge in [-0.2, -0.15) is 0 Å². The highest BCUT2D eigenvalue weighted by molar-refractivity contribution is 5.24. The number of rotatable bonds is 4. The second kappa shape index (κ2) is 4.94. The first-order valence-electron chi connectivity index (χ1n) is 5.41. The minimum Gasteiger partial charge on any atom is -0.472 e. The molecule has 0 saturated heterocycles. The predicted molar refractivity (Wildman–Crippen MR) is 63.2 cm³/mol. The van der Waals surface area contributed by atoms with E-state index in [9.17, 15) is 0 Å². The van der Waals surface area contributed by atoms with Crippen LogP contribution in [-0.4, -0.2) is 12.0 Å². The summed E-state index contributed by atoms with van der Waals surface area (Å²) in [6.07, 6.45) is 6.23. The van der Waals surface area contributed by atoms with Crippen LogP contribution in [-0.2, 0) is 6.42 Å². The van der Waals surface area contributed by atoms with Gasteiger partial charge in [-0.1, -0.05) is 6.07 Å². The van der Waals surface area contributed by atoms with E-state index in [4.69, 9.17) is 4.42 Å². The molecular weight excluding hydrogens is 200 g/mol. The average molecular weight is 216 g/mol. The Morgan fingerprint density at radius 2 is 2.31 bits per heavy atom. The number of furan rings is 1. The van der Waals surface area contributed by atoms with Crippen LogP contribution in [0.15, 0.2) is 41.3 Å². The first-order chi connectivity index (χ1) is 7.81. The van der Waals surface area contributed by atoms with Crippen LogP contribution in [0.2, 0.25) is 0 Å². The highest BCUT2D eigenvalue weighted by Crippen LogP contribution is 2.20. The Kier molecular flexibility index (Phi) is 3.37. The van der Waals surface area contributed by atoms with E-state index in [2.05, 4.69) is 16.4 Å². The normalized spacial score (nSPS) is 12.6. The lowest BCUT2D eigenvalue weighted by Gasteiger charge is -2.17. The zero-order valence-electron chi connectivity index (χ0n) is 9.60. The minimum absolute atomic E-state index is 0.284. The number of pyridine rings is 1. The summed E-state index contributed by atoms with van der Waals surface area (Å²) in [5.74, 6) is 0. The molecule has 0 fully saturated rings. The van der Waals surface area contributed by atoms with Crippen LogP contribution in [0.5, 0.6) is 0 Å². The van der Waals surface area contributed by atoms with E-state index in [0.29, 0.717) is 0 Å². The molecule has 2 heterocycles. The van der Waals surface area contributed by atoms with Gasteiger partial charge in [0.2, 0.25) is 0 Å². The quantitative estimate of drug-likeness (QED) is 0.853. The number of aromatic nitrogens is 1. The van der Waals surface area contributed by atoms with Gasteiger partial charge in [-0.15, -0.1) is 0 Å². The van der Waals surface area contributed by atoms with Crippen molar-refractivity contribution in [2.45, 2.75) is 19.4 Å². The van der Waals surface area contributed by atoms with Crippen LogP contribution in [0.3, 0.4) is 0 Å². The van der Waals surface area contributed by atoms with Crippen molar-refractivity contribution in [1.82, 2.24) is 10.3 Å². The van der Waals surface area contributed by atoms with E-state index in [0.717, 1.165) is 12.1 Å². The summed E-state index contributed by atoms with van der Waals surface area (Å²) in [5.41, 5.74) is 3.51. The minimum atomic E-state index is 0.284. The molecule has 2 rings (SSSR count). The fourth-order valence-corrected chi connectivity index (χ4v) is 1.88. The summed E-state index contributed by atoms with van der Waals surface area (Å²) < 4.78 is 5.08. The van der Waals surface area contributed by atoms with E-state index < -0.39 is 0 Å². The van der Waals surface area contributed by atoms with Crippen LogP contribution < -0.4 is 5.32 Å². The second-order valence-corrected chi connectivity index (χ2v) is 3.86. The van der Waals surface area contributed by atoms with Gasteiger partial charge in [0.15, 0.2) is 0 Å². The van der Waals surface area contributed by atoms with Crippen LogP contribution in [0, 0.1) is 6.92 Å². The number of likely N-dealkylation sites (N-methyl/N-ethyl adjacent to an activating group) is 1. The van der Waals surface area contributed by atoms with E-state index in [-0.39, 0.29) is 6.04 Å². The highest BCUT2D eigenvalue weighted by Gasteiger charge is 2.13. The van der Waals surface area contributed by atoms with Gasteiger partial charge in [-0.05, 0) is 43.7 Å². The van der Waals surface area contributed by atoms with Crippen LogP contribution in [0.4, 0.5) is 0 Å². The molecule has 0 radical (unpaired) electrons. The van der Waals surface area contributed by atoms with E-state index in [1.54, 1.807) is 12.5 Å². The second-order valence-electron chi connectivity index (χ2n) is 3.86. The number of nitrogens with one attached hydrogen (secondary N) is 1. The van der Waals surface area contributed by atoms with Gasteiger partial charge in [0.05, 0.1) is 12.5 Å². The van der Waals surface area contributed by atoms with E-state index in [1.807, 2.05) is 32.3 Å². The van der Waals surface area contributed by atoms with Crippen LogP contribution >= 0.6 is 0 Å². The van der Waals surface area contributed by atoms with Crippen molar-refractivity contribution in [2.24, 2.45) is 0 Å². The molecule has 3 heteroatoms. The number of hydrogen-bond donors (Lipinski definition) is 1. The molecule has 0 aliphatic carbocycles. The lowest BCUT2D eigenvalue weighted by Crippen LogP contribution is -2.19. The fraction of sp³-hybridized carbons (Fsp3) is 0.308. The van der Waals surface area contributed by atoms with Crippen molar-refractivity contribution in [3.63, 3.8) is 0 Å². The largest absolute Gasteiger partial charge is 0.472 e. The first kappa shape index (κ1) is 10.9. The van der Waals surface area contributed by atoms with Gasteiger partial charge in [-0.3, -0.25) is 4.98 Å². The molecule has 1 N–H and O–H groups in total. The van der Waals surface area contributed by atoms with Crippen molar-refractivity contribution in [3.8, 4) is 0 Å². The summed E-state index contributed by atoms with van der Waals surface area (Å²) in [6, 6.07) is 6.37. The third-order valence-corrected chi connectivity index (χ3v) is 2.79. The van der Waals surface area contributed by atoms with Crippen molar-refractivity contribution in [2.75, 3.05) is 7.05 Å². The topological polar surface area (TPSA) is 38.1 Å². The fourth-order valence-electron chi connectivity index (χ4n) is 1.88. The van der Waals surface area contributed by atoms with Gasteiger partial charge >= 0.3 is 0 Å². The van der Waals surface area contributed by atoms with Crippen LogP contribution in [0.1, 0.15) is 22.9 Å². The maximum absolute atomic E-state index is 5.08. The maximum Gasteiger partial charge on any atom is 0.0935 e. The molecule has 16 heavy (non-hydrogen) atoms. The molecule has 84 valence electrons. The average Bonchev–Trinajstić information content (AvgIpc) is 2.80. The summed E-state index contributed by atoms with van der Waals surface area (Å²) in [6.45, 7) is 2.04.